The molecule has 0 spiro atoms. The number of anilines is 1. The smallest absolute Gasteiger partial charge is 0.293 e. The number of nitrogens with zero attached hydrogens (tertiary/aromatic N) is 2. The van der Waals surface area contributed by atoms with Gasteiger partial charge in [0.15, 0.2) is 5.58 Å². The Morgan fingerprint density at radius 1 is 1.38 bits per heavy atom. The molecule has 0 saturated carbocycles. The molecule has 0 radical (unpaired) electrons. The van der Waals surface area contributed by atoms with Crippen LogP contribution >= 0.6 is 11.3 Å². The topological polar surface area (TPSA) is 64.9 Å². The van der Waals surface area contributed by atoms with Gasteiger partial charge < -0.3 is 10.2 Å². The molecule has 64 valence electrons. The summed E-state index contributed by atoms with van der Waals surface area (Å²) < 4.78 is 6.22. The third kappa shape index (κ3) is 0.844. The number of oxazole rings is 1. The summed E-state index contributed by atoms with van der Waals surface area (Å²) in [7, 11) is 0. The Bertz CT molecular complexity index is 583. The lowest BCUT2D eigenvalue weighted by atomic mass is 10.3. The van der Waals surface area contributed by atoms with E-state index in [-0.39, 0.29) is 6.01 Å². The molecule has 0 unspecified atom stereocenters. The third-order valence-electron chi connectivity index (χ3n) is 1.87. The third-order valence-corrected chi connectivity index (χ3v) is 2.72. The van der Waals surface area contributed by atoms with E-state index in [1.165, 1.54) is 0 Å². The summed E-state index contributed by atoms with van der Waals surface area (Å²) in [5.41, 5.74) is 9.70. The molecule has 0 aliphatic carbocycles. The van der Waals surface area contributed by atoms with Crippen LogP contribution in [0.1, 0.15) is 0 Å². The van der Waals surface area contributed by atoms with E-state index >= 15 is 0 Å². The van der Waals surface area contributed by atoms with Gasteiger partial charge in [0.1, 0.15) is 5.52 Å². The van der Waals surface area contributed by atoms with Crippen LogP contribution in [0.2, 0.25) is 0 Å². The highest BCUT2D eigenvalue weighted by Crippen LogP contribution is 2.28. The van der Waals surface area contributed by atoms with Crippen molar-refractivity contribution >= 4 is 38.7 Å². The SMILES string of the molecule is Nc1nc2c(ccc3ncsc32)o1. The number of hydrogen-bond acceptors (Lipinski definition) is 5. The summed E-state index contributed by atoms with van der Waals surface area (Å²) in [6.07, 6.45) is 0. The molecule has 0 amide bonds. The second-order valence-corrected chi connectivity index (χ2v) is 3.52. The van der Waals surface area contributed by atoms with Gasteiger partial charge >= 0.3 is 0 Å². The molecule has 3 rings (SSSR count). The summed E-state index contributed by atoms with van der Waals surface area (Å²) in [5, 5.41) is 0. The van der Waals surface area contributed by atoms with Crippen LogP contribution in [0.3, 0.4) is 0 Å². The summed E-state index contributed by atoms with van der Waals surface area (Å²) in [4.78, 5) is 8.27. The molecule has 4 nitrogen and oxygen atoms in total. The molecule has 0 aliphatic rings. The minimum Gasteiger partial charge on any atom is -0.424 e. The van der Waals surface area contributed by atoms with Gasteiger partial charge in [-0.3, -0.25) is 0 Å². The number of fused-ring (bicyclic) bond motifs is 3. The maximum absolute atomic E-state index is 5.46. The van der Waals surface area contributed by atoms with Gasteiger partial charge in [-0.25, -0.2) is 4.98 Å². The van der Waals surface area contributed by atoms with Crippen LogP contribution in [0.4, 0.5) is 6.01 Å². The summed E-state index contributed by atoms with van der Waals surface area (Å²) in [6, 6.07) is 3.94. The molecule has 3 aromatic rings. The maximum atomic E-state index is 5.46. The summed E-state index contributed by atoms with van der Waals surface area (Å²) in [5.74, 6) is 0. The lowest BCUT2D eigenvalue weighted by Crippen LogP contribution is -1.80. The molecule has 0 fully saturated rings. The number of thiazole rings is 1. The highest BCUT2D eigenvalue weighted by molar-refractivity contribution is 7.17. The van der Waals surface area contributed by atoms with Crippen LogP contribution in [-0.2, 0) is 0 Å². The van der Waals surface area contributed by atoms with Crippen molar-refractivity contribution in [3.8, 4) is 0 Å². The van der Waals surface area contributed by atoms with Crippen LogP contribution in [0, 0.1) is 0 Å². The first-order chi connectivity index (χ1) is 6.34. The Labute approximate surface area is 77.0 Å². The molecular weight excluding hydrogens is 186 g/mol. The molecule has 0 aliphatic heterocycles. The number of nitrogen functional groups attached to an aromatic ring is 1. The van der Waals surface area contributed by atoms with Gasteiger partial charge in [-0.1, -0.05) is 0 Å². The highest BCUT2D eigenvalue weighted by Gasteiger charge is 2.08. The second kappa shape index (κ2) is 2.20. The van der Waals surface area contributed by atoms with Crippen molar-refractivity contribution in [2.75, 3.05) is 5.73 Å². The van der Waals surface area contributed by atoms with E-state index in [0.717, 1.165) is 15.7 Å². The standard InChI is InChI=1S/C8H5N3OS/c9-8-11-6-5(12-8)2-1-4-7(6)13-3-10-4/h1-3H,(H2,9,11). The minimum atomic E-state index is 0.205. The number of hydrogen-bond donors (Lipinski definition) is 1. The lowest BCUT2D eigenvalue weighted by molar-refractivity contribution is 0.626. The van der Waals surface area contributed by atoms with Crippen molar-refractivity contribution in [3.05, 3.63) is 17.6 Å². The van der Waals surface area contributed by atoms with E-state index in [9.17, 15) is 0 Å². The van der Waals surface area contributed by atoms with Gasteiger partial charge in [0.05, 0.1) is 15.7 Å². The van der Waals surface area contributed by atoms with Gasteiger partial charge in [0.2, 0.25) is 0 Å². The maximum Gasteiger partial charge on any atom is 0.293 e. The zero-order chi connectivity index (χ0) is 8.84. The first kappa shape index (κ1) is 6.85. The Morgan fingerprint density at radius 3 is 3.23 bits per heavy atom. The number of benzene rings is 1. The number of aromatic nitrogens is 2. The van der Waals surface area contributed by atoms with E-state index < -0.39 is 0 Å². The monoisotopic (exact) mass is 191 g/mol. The number of nitrogens with two attached hydrogens (primary N) is 1. The first-order valence-corrected chi connectivity index (χ1v) is 4.61. The summed E-state index contributed by atoms with van der Waals surface area (Å²) in [6.45, 7) is 0. The van der Waals surface area contributed by atoms with Crippen molar-refractivity contribution < 1.29 is 4.42 Å². The molecule has 0 atom stereocenters. The zero-order valence-electron chi connectivity index (χ0n) is 6.52. The van der Waals surface area contributed by atoms with Crippen molar-refractivity contribution in [2.45, 2.75) is 0 Å². The lowest BCUT2D eigenvalue weighted by Gasteiger charge is -1.86. The normalized spacial score (nSPS) is 11.4. The average molecular weight is 191 g/mol. The molecule has 0 bridgehead atoms. The van der Waals surface area contributed by atoms with E-state index in [0.29, 0.717) is 5.58 Å². The fraction of sp³-hybridized carbons (Fsp3) is 0. The summed E-state index contributed by atoms with van der Waals surface area (Å²) >= 11 is 1.54. The van der Waals surface area contributed by atoms with Gasteiger partial charge in [-0.2, -0.15) is 4.98 Å². The van der Waals surface area contributed by atoms with Gasteiger partial charge in [0, 0.05) is 0 Å². The molecule has 2 heterocycles. The Kier molecular flexibility index (Phi) is 1.16. The fourth-order valence-corrected chi connectivity index (χ4v) is 2.10. The number of rotatable bonds is 0. The zero-order valence-corrected chi connectivity index (χ0v) is 7.34. The molecule has 5 heteroatoms. The van der Waals surface area contributed by atoms with Crippen molar-refractivity contribution in [2.24, 2.45) is 0 Å². The van der Waals surface area contributed by atoms with E-state index in [1.807, 2.05) is 12.1 Å². The Hall–Kier alpha value is -1.62. The van der Waals surface area contributed by atoms with Crippen LogP contribution < -0.4 is 5.73 Å². The van der Waals surface area contributed by atoms with E-state index in [2.05, 4.69) is 9.97 Å². The van der Waals surface area contributed by atoms with E-state index in [4.69, 9.17) is 10.2 Å². The molecule has 13 heavy (non-hydrogen) atoms. The largest absolute Gasteiger partial charge is 0.424 e. The molecule has 2 N–H and O–H groups in total. The molecule has 1 aromatic carbocycles. The highest BCUT2D eigenvalue weighted by atomic mass is 32.1. The van der Waals surface area contributed by atoms with Crippen molar-refractivity contribution in [1.29, 1.82) is 0 Å². The van der Waals surface area contributed by atoms with Crippen LogP contribution in [0.5, 0.6) is 0 Å². The molecule has 2 aromatic heterocycles. The predicted octanol–water partition coefficient (Wildman–Crippen LogP) is 2.02. The Morgan fingerprint density at radius 2 is 2.31 bits per heavy atom. The van der Waals surface area contributed by atoms with Gasteiger partial charge in [-0.15, -0.1) is 11.3 Å². The van der Waals surface area contributed by atoms with E-state index in [1.54, 1.807) is 16.8 Å². The first-order valence-electron chi connectivity index (χ1n) is 3.73. The minimum absolute atomic E-state index is 0.205. The van der Waals surface area contributed by atoms with Crippen molar-refractivity contribution in [3.63, 3.8) is 0 Å². The van der Waals surface area contributed by atoms with Crippen LogP contribution in [0.25, 0.3) is 21.3 Å². The van der Waals surface area contributed by atoms with Crippen LogP contribution in [0.15, 0.2) is 22.1 Å². The van der Waals surface area contributed by atoms with Crippen molar-refractivity contribution in [1.82, 2.24) is 9.97 Å². The van der Waals surface area contributed by atoms with Gasteiger partial charge in [0.25, 0.3) is 6.01 Å². The quantitative estimate of drug-likeness (QED) is 0.590. The fourth-order valence-electron chi connectivity index (χ4n) is 1.33. The van der Waals surface area contributed by atoms with Gasteiger partial charge in [-0.05, 0) is 12.1 Å². The molecule has 0 saturated heterocycles. The average Bonchev–Trinajstić information content (AvgIpc) is 2.65. The predicted molar refractivity (Wildman–Crippen MR) is 51.6 cm³/mol. The Balaban J connectivity index is 2.64. The molecular formula is C8H5N3OS. The van der Waals surface area contributed by atoms with Crippen LogP contribution in [-0.4, -0.2) is 9.97 Å². The second-order valence-electron chi connectivity index (χ2n) is 2.67.